The summed E-state index contributed by atoms with van der Waals surface area (Å²) >= 11 is 4.34. The van der Waals surface area contributed by atoms with Crippen molar-refractivity contribution in [3.63, 3.8) is 0 Å². The molecule has 0 aliphatic carbocycles. The van der Waals surface area contributed by atoms with E-state index in [2.05, 4.69) is 30.1 Å². The molecule has 0 radical (unpaired) electrons. The number of unbranched alkanes of at least 4 members (excludes halogenated alkanes) is 6. The third kappa shape index (κ3) is 7.35. The molecule has 1 heterocycles. The number of hydrogen-bond donors (Lipinski definition) is 0. The van der Waals surface area contributed by atoms with Gasteiger partial charge < -0.3 is 0 Å². The standard InChI is InChI=1S/C13H24S2/c1-2-3-4-5-6-7-8-9-10-13-14-11-12-15-13/h2,13H,1,3-12H2. The monoisotopic (exact) mass is 244 g/mol. The summed E-state index contributed by atoms with van der Waals surface area (Å²) in [6.07, 6.45) is 13.2. The lowest BCUT2D eigenvalue weighted by atomic mass is 10.1. The van der Waals surface area contributed by atoms with Crippen LogP contribution in [-0.4, -0.2) is 16.1 Å². The molecule has 1 aliphatic heterocycles. The number of rotatable bonds is 9. The van der Waals surface area contributed by atoms with E-state index in [-0.39, 0.29) is 0 Å². The maximum Gasteiger partial charge on any atom is 0.0503 e. The van der Waals surface area contributed by atoms with E-state index in [9.17, 15) is 0 Å². The molecule has 0 aromatic heterocycles. The van der Waals surface area contributed by atoms with E-state index in [1.807, 2.05) is 6.08 Å². The Balaban J connectivity index is 1.74. The van der Waals surface area contributed by atoms with Crippen LogP contribution in [0.15, 0.2) is 12.7 Å². The molecule has 0 unspecified atom stereocenters. The summed E-state index contributed by atoms with van der Waals surface area (Å²) in [6.45, 7) is 3.75. The van der Waals surface area contributed by atoms with Crippen LogP contribution in [0.5, 0.6) is 0 Å². The second-order valence-electron chi connectivity index (χ2n) is 4.16. The third-order valence-electron chi connectivity index (χ3n) is 2.79. The van der Waals surface area contributed by atoms with Crippen LogP contribution >= 0.6 is 23.5 Å². The molecule has 0 N–H and O–H groups in total. The lowest BCUT2D eigenvalue weighted by Gasteiger charge is -2.06. The number of allylic oxidation sites excluding steroid dienone is 1. The van der Waals surface area contributed by atoms with Gasteiger partial charge in [-0.3, -0.25) is 0 Å². The number of hydrogen-bond acceptors (Lipinski definition) is 2. The first kappa shape index (κ1) is 13.5. The van der Waals surface area contributed by atoms with E-state index >= 15 is 0 Å². The molecule has 1 aliphatic rings. The van der Waals surface area contributed by atoms with E-state index in [4.69, 9.17) is 0 Å². The minimum atomic E-state index is 0.936. The Hall–Kier alpha value is 0.440. The molecular weight excluding hydrogens is 220 g/mol. The lowest BCUT2D eigenvalue weighted by molar-refractivity contribution is 0.591. The van der Waals surface area contributed by atoms with Crippen molar-refractivity contribution < 1.29 is 0 Å². The fourth-order valence-corrected chi connectivity index (χ4v) is 4.81. The van der Waals surface area contributed by atoms with Crippen molar-refractivity contribution in [2.75, 3.05) is 11.5 Å². The maximum absolute atomic E-state index is 3.75. The fourth-order valence-electron chi connectivity index (χ4n) is 1.88. The quantitative estimate of drug-likeness (QED) is 0.409. The summed E-state index contributed by atoms with van der Waals surface area (Å²) in [4.78, 5) is 0. The largest absolute Gasteiger partial charge is 0.147 e. The first-order valence-corrected chi connectivity index (χ1v) is 8.37. The zero-order chi connectivity index (χ0) is 10.8. The molecule has 0 saturated carbocycles. The van der Waals surface area contributed by atoms with Crippen LogP contribution in [0.4, 0.5) is 0 Å². The highest BCUT2D eigenvalue weighted by molar-refractivity contribution is 8.20. The van der Waals surface area contributed by atoms with Gasteiger partial charge in [0, 0.05) is 11.5 Å². The average molecular weight is 244 g/mol. The predicted molar refractivity (Wildman–Crippen MR) is 75.8 cm³/mol. The summed E-state index contributed by atoms with van der Waals surface area (Å²) in [5.41, 5.74) is 0. The molecule has 1 saturated heterocycles. The molecule has 0 aromatic carbocycles. The second-order valence-corrected chi connectivity index (χ2v) is 7.08. The highest BCUT2D eigenvalue weighted by atomic mass is 32.2. The van der Waals surface area contributed by atoms with Gasteiger partial charge in [-0.15, -0.1) is 30.1 Å². The first-order valence-electron chi connectivity index (χ1n) is 6.27. The highest BCUT2D eigenvalue weighted by Crippen LogP contribution is 2.35. The fraction of sp³-hybridized carbons (Fsp3) is 0.846. The van der Waals surface area contributed by atoms with E-state index in [0.717, 1.165) is 4.58 Å². The summed E-state index contributed by atoms with van der Waals surface area (Å²) < 4.78 is 0.936. The molecule has 0 nitrogen and oxygen atoms in total. The zero-order valence-electron chi connectivity index (χ0n) is 9.75. The SMILES string of the molecule is C=CCCCCCCCCC1SCCS1. The normalized spacial score (nSPS) is 17.1. The van der Waals surface area contributed by atoms with Crippen molar-refractivity contribution in [1.82, 2.24) is 0 Å². The van der Waals surface area contributed by atoms with Gasteiger partial charge in [0.05, 0.1) is 4.58 Å². The van der Waals surface area contributed by atoms with Crippen LogP contribution in [0.3, 0.4) is 0 Å². The van der Waals surface area contributed by atoms with Gasteiger partial charge in [0.2, 0.25) is 0 Å². The molecule has 0 amide bonds. The second kappa shape index (κ2) is 9.65. The van der Waals surface area contributed by atoms with Gasteiger partial charge in [-0.2, -0.15) is 0 Å². The van der Waals surface area contributed by atoms with E-state index in [1.54, 1.807) is 0 Å². The molecule has 1 fully saturated rings. The smallest absolute Gasteiger partial charge is 0.0503 e. The average Bonchev–Trinajstić information content (AvgIpc) is 2.75. The van der Waals surface area contributed by atoms with Gasteiger partial charge in [0.1, 0.15) is 0 Å². The topological polar surface area (TPSA) is 0 Å². The van der Waals surface area contributed by atoms with Gasteiger partial charge in [0.15, 0.2) is 0 Å². The molecule has 0 atom stereocenters. The Morgan fingerprint density at radius 2 is 1.53 bits per heavy atom. The van der Waals surface area contributed by atoms with Gasteiger partial charge in [-0.1, -0.05) is 38.2 Å². The molecular formula is C13H24S2. The third-order valence-corrected chi connectivity index (χ3v) is 5.96. The van der Waals surface area contributed by atoms with Crippen molar-refractivity contribution in [2.45, 2.75) is 55.9 Å². The van der Waals surface area contributed by atoms with Gasteiger partial charge in [0.25, 0.3) is 0 Å². The molecule has 0 spiro atoms. The molecule has 1 rings (SSSR count). The van der Waals surface area contributed by atoms with Crippen LogP contribution in [0.25, 0.3) is 0 Å². The predicted octanol–water partition coefficient (Wildman–Crippen LogP) is 5.10. The first-order chi connectivity index (χ1) is 7.43. The minimum Gasteiger partial charge on any atom is -0.147 e. The lowest BCUT2D eigenvalue weighted by Crippen LogP contribution is -1.91. The minimum absolute atomic E-state index is 0.936. The number of thioether (sulfide) groups is 2. The zero-order valence-corrected chi connectivity index (χ0v) is 11.4. The summed E-state index contributed by atoms with van der Waals surface area (Å²) in [7, 11) is 0. The van der Waals surface area contributed by atoms with Crippen molar-refractivity contribution in [3.05, 3.63) is 12.7 Å². The van der Waals surface area contributed by atoms with Crippen LogP contribution in [0.2, 0.25) is 0 Å². The molecule has 0 aromatic rings. The van der Waals surface area contributed by atoms with Crippen LogP contribution in [-0.2, 0) is 0 Å². The van der Waals surface area contributed by atoms with Crippen molar-refractivity contribution >= 4 is 23.5 Å². The Bertz CT molecular complexity index is 151. The Kier molecular flexibility index (Phi) is 8.69. The van der Waals surface area contributed by atoms with Crippen LogP contribution < -0.4 is 0 Å². The van der Waals surface area contributed by atoms with Crippen molar-refractivity contribution in [1.29, 1.82) is 0 Å². The van der Waals surface area contributed by atoms with Gasteiger partial charge in [-0.05, 0) is 19.3 Å². The molecule has 2 heteroatoms. The highest BCUT2D eigenvalue weighted by Gasteiger charge is 2.14. The Morgan fingerprint density at radius 3 is 2.20 bits per heavy atom. The molecule has 0 bridgehead atoms. The van der Waals surface area contributed by atoms with E-state index in [0.29, 0.717) is 0 Å². The van der Waals surface area contributed by atoms with Crippen LogP contribution in [0, 0.1) is 0 Å². The van der Waals surface area contributed by atoms with Gasteiger partial charge in [-0.25, -0.2) is 0 Å². The Morgan fingerprint density at radius 1 is 0.933 bits per heavy atom. The Labute approximate surface area is 104 Å². The van der Waals surface area contributed by atoms with Crippen molar-refractivity contribution in [3.8, 4) is 0 Å². The van der Waals surface area contributed by atoms with Crippen molar-refractivity contribution in [2.24, 2.45) is 0 Å². The summed E-state index contributed by atoms with van der Waals surface area (Å²) in [6, 6.07) is 0. The summed E-state index contributed by atoms with van der Waals surface area (Å²) in [5.74, 6) is 2.77. The summed E-state index contributed by atoms with van der Waals surface area (Å²) in [5, 5.41) is 0. The van der Waals surface area contributed by atoms with Crippen LogP contribution in [0.1, 0.15) is 51.4 Å². The molecule has 88 valence electrons. The van der Waals surface area contributed by atoms with E-state index < -0.39 is 0 Å². The van der Waals surface area contributed by atoms with E-state index in [1.165, 1.54) is 62.9 Å². The molecule has 15 heavy (non-hydrogen) atoms. The maximum atomic E-state index is 3.75. The van der Waals surface area contributed by atoms with Gasteiger partial charge >= 0.3 is 0 Å².